The number of aryl methyl sites for hydroxylation is 1. The first kappa shape index (κ1) is 17.3. The number of benzene rings is 1. The molecule has 2 heterocycles. The Morgan fingerprint density at radius 1 is 1.08 bits per heavy atom. The fourth-order valence-electron chi connectivity index (χ4n) is 2.93. The molecule has 1 aliphatic rings. The van der Waals surface area contributed by atoms with Crippen molar-refractivity contribution in [1.82, 2.24) is 15.0 Å². The smallest absolute Gasteiger partial charge is 0.254 e. The minimum Gasteiger partial charge on any atom is -0.497 e. The average Bonchev–Trinajstić information content (AvgIpc) is 3.06. The summed E-state index contributed by atoms with van der Waals surface area (Å²) < 4.78 is 15.8. The van der Waals surface area contributed by atoms with Crippen LogP contribution in [-0.4, -0.2) is 61.3 Å². The van der Waals surface area contributed by atoms with E-state index in [-0.39, 0.29) is 5.91 Å². The van der Waals surface area contributed by atoms with Gasteiger partial charge in [0.15, 0.2) is 5.76 Å². The van der Waals surface area contributed by atoms with Crippen molar-refractivity contribution in [1.29, 1.82) is 0 Å². The lowest BCUT2D eigenvalue weighted by atomic mass is 10.1. The van der Waals surface area contributed by atoms with Crippen LogP contribution in [0, 0.1) is 6.92 Å². The zero-order valence-electron chi connectivity index (χ0n) is 14.8. The summed E-state index contributed by atoms with van der Waals surface area (Å²) in [5.74, 6) is 2.08. The lowest BCUT2D eigenvalue weighted by Gasteiger charge is -2.34. The lowest BCUT2D eigenvalue weighted by Crippen LogP contribution is -2.48. The normalized spacial score (nSPS) is 15.2. The SMILES string of the molecule is COc1cc(OC)cc(C(=O)N2CCN(Cc3cc(C)no3)CC2)c1. The Morgan fingerprint density at radius 2 is 1.72 bits per heavy atom. The van der Waals surface area contributed by atoms with E-state index in [0.29, 0.717) is 30.2 Å². The van der Waals surface area contributed by atoms with Crippen molar-refractivity contribution >= 4 is 5.91 Å². The molecule has 25 heavy (non-hydrogen) atoms. The monoisotopic (exact) mass is 345 g/mol. The number of hydrogen-bond donors (Lipinski definition) is 0. The molecule has 0 atom stereocenters. The molecule has 7 nitrogen and oxygen atoms in total. The second-order valence-electron chi connectivity index (χ2n) is 6.10. The molecule has 0 radical (unpaired) electrons. The minimum atomic E-state index is -0.00707. The molecule has 1 amide bonds. The highest BCUT2D eigenvalue weighted by atomic mass is 16.5. The molecule has 0 unspecified atom stereocenters. The van der Waals surface area contributed by atoms with E-state index >= 15 is 0 Å². The van der Waals surface area contributed by atoms with Gasteiger partial charge in [-0.3, -0.25) is 9.69 Å². The van der Waals surface area contributed by atoms with E-state index in [1.165, 1.54) is 0 Å². The molecular weight excluding hydrogens is 322 g/mol. The first-order valence-electron chi connectivity index (χ1n) is 8.26. The van der Waals surface area contributed by atoms with Crippen LogP contribution < -0.4 is 9.47 Å². The van der Waals surface area contributed by atoms with E-state index in [1.54, 1.807) is 32.4 Å². The van der Waals surface area contributed by atoms with E-state index in [1.807, 2.05) is 17.9 Å². The summed E-state index contributed by atoms with van der Waals surface area (Å²) in [6.45, 7) is 5.57. The number of aromatic nitrogens is 1. The summed E-state index contributed by atoms with van der Waals surface area (Å²) >= 11 is 0. The van der Waals surface area contributed by atoms with Crippen LogP contribution in [0.4, 0.5) is 0 Å². The van der Waals surface area contributed by atoms with Gasteiger partial charge >= 0.3 is 0 Å². The molecule has 0 spiro atoms. The first-order chi connectivity index (χ1) is 12.1. The molecule has 1 aromatic heterocycles. The Hall–Kier alpha value is -2.54. The Labute approximate surface area is 147 Å². The molecule has 0 N–H and O–H groups in total. The second kappa shape index (κ2) is 7.57. The maximum Gasteiger partial charge on any atom is 0.254 e. The number of piperazine rings is 1. The van der Waals surface area contributed by atoms with Gasteiger partial charge in [0.2, 0.25) is 0 Å². The van der Waals surface area contributed by atoms with Crippen molar-refractivity contribution in [3.63, 3.8) is 0 Å². The number of hydrogen-bond acceptors (Lipinski definition) is 6. The van der Waals surface area contributed by atoms with E-state index in [9.17, 15) is 4.79 Å². The van der Waals surface area contributed by atoms with Crippen LogP contribution in [0.15, 0.2) is 28.8 Å². The Kier molecular flexibility index (Phi) is 5.23. The summed E-state index contributed by atoms with van der Waals surface area (Å²) in [5.41, 5.74) is 1.46. The topological polar surface area (TPSA) is 68.0 Å². The molecule has 1 aromatic carbocycles. The molecule has 3 rings (SSSR count). The maximum atomic E-state index is 12.8. The van der Waals surface area contributed by atoms with Crippen LogP contribution in [0.25, 0.3) is 0 Å². The summed E-state index contributed by atoms with van der Waals surface area (Å²) in [6.07, 6.45) is 0. The van der Waals surface area contributed by atoms with Gasteiger partial charge in [-0.25, -0.2) is 0 Å². The molecule has 1 saturated heterocycles. The second-order valence-corrected chi connectivity index (χ2v) is 6.10. The van der Waals surface area contributed by atoms with Crippen LogP contribution in [-0.2, 0) is 6.54 Å². The number of methoxy groups -OCH3 is 2. The Bertz CT molecular complexity index is 713. The first-order valence-corrected chi connectivity index (χ1v) is 8.26. The van der Waals surface area contributed by atoms with E-state index < -0.39 is 0 Å². The standard InChI is InChI=1S/C18H23N3O4/c1-13-8-17(25-19-13)12-20-4-6-21(7-5-20)18(22)14-9-15(23-2)11-16(10-14)24-3/h8-11H,4-7,12H2,1-3H3. The number of carbonyl (C=O) groups excluding carboxylic acids is 1. The van der Waals surface area contributed by atoms with Gasteiger partial charge < -0.3 is 18.9 Å². The van der Waals surface area contributed by atoms with Gasteiger partial charge in [0.1, 0.15) is 11.5 Å². The molecule has 0 aliphatic carbocycles. The van der Waals surface area contributed by atoms with Gasteiger partial charge in [-0.1, -0.05) is 5.16 Å². The number of ether oxygens (including phenoxy) is 2. The molecule has 0 bridgehead atoms. The predicted octanol–water partition coefficient (Wildman–Crippen LogP) is 1.96. The summed E-state index contributed by atoms with van der Waals surface area (Å²) in [7, 11) is 3.15. The van der Waals surface area contributed by atoms with Gasteiger partial charge in [-0.2, -0.15) is 0 Å². The minimum absolute atomic E-state index is 0.00707. The van der Waals surface area contributed by atoms with Gasteiger partial charge in [0.05, 0.1) is 26.5 Å². The highest BCUT2D eigenvalue weighted by Gasteiger charge is 2.23. The van der Waals surface area contributed by atoms with E-state index in [2.05, 4.69) is 10.1 Å². The molecule has 7 heteroatoms. The lowest BCUT2D eigenvalue weighted by molar-refractivity contribution is 0.0616. The van der Waals surface area contributed by atoms with Crippen LogP contribution >= 0.6 is 0 Å². The van der Waals surface area contributed by atoms with Gasteiger partial charge in [-0.05, 0) is 19.1 Å². The highest BCUT2D eigenvalue weighted by molar-refractivity contribution is 5.95. The third-order valence-electron chi connectivity index (χ3n) is 4.31. The number of nitrogens with zero attached hydrogens (tertiary/aromatic N) is 3. The number of carbonyl (C=O) groups is 1. The highest BCUT2D eigenvalue weighted by Crippen LogP contribution is 2.24. The predicted molar refractivity (Wildman–Crippen MR) is 92.0 cm³/mol. The van der Waals surface area contributed by atoms with Crippen LogP contribution in [0.3, 0.4) is 0 Å². The maximum absolute atomic E-state index is 12.8. The fraction of sp³-hybridized carbons (Fsp3) is 0.444. The molecule has 2 aromatic rings. The Balaban J connectivity index is 1.61. The van der Waals surface area contributed by atoms with Crippen molar-refractivity contribution in [2.75, 3.05) is 40.4 Å². The van der Waals surface area contributed by atoms with Gasteiger partial charge in [0, 0.05) is 43.9 Å². The summed E-state index contributed by atoms with van der Waals surface area (Å²) in [4.78, 5) is 16.9. The number of rotatable bonds is 5. The fourth-order valence-corrected chi connectivity index (χ4v) is 2.93. The van der Waals surface area contributed by atoms with Crippen molar-refractivity contribution in [2.24, 2.45) is 0 Å². The van der Waals surface area contributed by atoms with Gasteiger partial charge in [0.25, 0.3) is 5.91 Å². The average molecular weight is 345 g/mol. The molecule has 1 fully saturated rings. The molecule has 0 saturated carbocycles. The molecular formula is C18H23N3O4. The quantitative estimate of drug-likeness (QED) is 0.825. The third kappa shape index (κ3) is 4.11. The van der Waals surface area contributed by atoms with Crippen molar-refractivity contribution in [2.45, 2.75) is 13.5 Å². The number of amides is 1. The van der Waals surface area contributed by atoms with Crippen molar-refractivity contribution < 1.29 is 18.8 Å². The van der Waals surface area contributed by atoms with Crippen LogP contribution in [0.2, 0.25) is 0 Å². The van der Waals surface area contributed by atoms with Gasteiger partial charge in [-0.15, -0.1) is 0 Å². The van der Waals surface area contributed by atoms with E-state index in [4.69, 9.17) is 14.0 Å². The zero-order valence-corrected chi connectivity index (χ0v) is 14.8. The van der Waals surface area contributed by atoms with E-state index in [0.717, 1.165) is 31.1 Å². The summed E-state index contributed by atoms with van der Waals surface area (Å²) in [5, 5.41) is 3.91. The molecule has 1 aliphatic heterocycles. The third-order valence-corrected chi connectivity index (χ3v) is 4.31. The Morgan fingerprint density at radius 3 is 2.24 bits per heavy atom. The van der Waals surface area contributed by atoms with Crippen LogP contribution in [0.1, 0.15) is 21.8 Å². The molecule has 134 valence electrons. The van der Waals surface area contributed by atoms with Crippen molar-refractivity contribution in [3.05, 3.63) is 41.3 Å². The summed E-state index contributed by atoms with van der Waals surface area (Å²) in [6, 6.07) is 7.19. The zero-order chi connectivity index (χ0) is 17.8. The van der Waals surface area contributed by atoms with Crippen molar-refractivity contribution in [3.8, 4) is 11.5 Å². The van der Waals surface area contributed by atoms with Crippen LogP contribution in [0.5, 0.6) is 11.5 Å². The largest absolute Gasteiger partial charge is 0.497 e.